The van der Waals surface area contributed by atoms with Gasteiger partial charge in [-0.2, -0.15) is 0 Å². The third-order valence-electron chi connectivity index (χ3n) is 6.84. The Morgan fingerprint density at radius 2 is 1.73 bits per heavy atom. The first-order valence-electron chi connectivity index (χ1n) is 13.7. The van der Waals surface area contributed by atoms with Crippen LogP contribution in [0.2, 0.25) is 10.0 Å². The Balaban J connectivity index is 0.00000529. The standard InChI is InChI=1S/C33H32Cl2N4O4.ClH/c1-5-39(22(3)40)25-14-10-23(11-15-25)12-18-30(41)36-19-31(42)38(4)28-17-16-27(34)26(32(28)35)20-43-29-8-6-7-24-13-9-21(2)37-33(24)29;/h6-18H,5,19-20H2,1-4H3,(H,36,41);1H/b18-12+;. The lowest BCUT2D eigenvalue weighted by atomic mass is 10.1. The van der Waals surface area contributed by atoms with Crippen molar-refractivity contribution in [3.63, 3.8) is 0 Å². The molecule has 0 spiro atoms. The summed E-state index contributed by atoms with van der Waals surface area (Å²) in [5, 5.41) is 4.22. The molecule has 0 aliphatic rings. The number of halogens is 3. The van der Waals surface area contributed by atoms with Gasteiger partial charge in [-0.25, -0.2) is 4.98 Å². The van der Waals surface area contributed by atoms with Crippen LogP contribution in [0.25, 0.3) is 17.0 Å². The number of rotatable bonds is 10. The van der Waals surface area contributed by atoms with E-state index in [-0.39, 0.29) is 42.4 Å². The summed E-state index contributed by atoms with van der Waals surface area (Å²) < 4.78 is 6.08. The van der Waals surface area contributed by atoms with Crippen molar-refractivity contribution in [1.29, 1.82) is 0 Å². The number of pyridine rings is 1. The first kappa shape index (κ1) is 34.4. The third-order valence-corrected chi connectivity index (χ3v) is 7.61. The number of aromatic nitrogens is 1. The number of hydrogen-bond acceptors (Lipinski definition) is 5. The van der Waals surface area contributed by atoms with Crippen molar-refractivity contribution in [2.75, 3.05) is 29.9 Å². The van der Waals surface area contributed by atoms with Crippen LogP contribution in [0, 0.1) is 6.92 Å². The van der Waals surface area contributed by atoms with Gasteiger partial charge >= 0.3 is 0 Å². The van der Waals surface area contributed by atoms with Crippen molar-refractivity contribution in [2.24, 2.45) is 0 Å². The number of amides is 3. The van der Waals surface area contributed by atoms with E-state index in [1.54, 1.807) is 30.2 Å². The van der Waals surface area contributed by atoms with E-state index in [1.807, 2.05) is 68.4 Å². The molecule has 4 aromatic rings. The van der Waals surface area contributed by atoms with Gasteiger partial charge in [0.25, 0.3) is 0 Å². The lowest BCUT2D eigenvalue weighted by Crippen LogP contribution is -2.37. The van der Waals surface area contributed by atoms with Crippen molar-refractivity contribution in [3.05, 3.63) is 99.7 Å². The van der Waals surface area contributed by atoms with Gasteiger partial charge in [0.15, 0.2) is 0 Å². The largest absolute Gasteiger partial charge is 0.487 e. The molecule has 0 aliphatic carbocycles. The minimum Gasteiger partial charge on any atom is -0.487 e. The van der Waals surface area contributed by atoms with E-state index < -0.39 is 5.91 Å². The van der Waals surface area contributed by atoms with Gasteiger partial charge in [0.2, 0.25) is 17.7 Å². The van der Waals surface area contributed by atoms with E-state index in [9.17, 15) is 14.4 Å². The number of carbonyl (C=O) groups excluding carboxylic acids is 3. The van der Waals surface area contributed by atoms with Gasteiger partial charge < -0.3 is 19.9 Å². The number of ether oxygens (including phenoxy) is 1. The number of carbonyl (C=O) groups is 3. The fourth-order valence-corrected chi connectivity index (χ4v) is 5.07. The second-order valence-corrected chi connectivity index (χ2v) is 10.6. The summed E-state index contributed by atoms with van der Waals surface area (Å²) in [6, 6.07) is 20.1. The summed E-state index contributed by atoms with van der Waals surface area (Å²) in [7, 11) is 1.57. The van der Waals surface area contributed by atoms with Gasteiger partial charge in [0, 0.05) is 53.9 Å². The summed E-state index contributed by atoms with van der Waals surface area (Å²) in [5.74, 6) is -0.258. The summed E-state index contributed by atoms with van der Waals surface area (Å²) in [5.41, 5.74) is 4.11. The summed E-state index contributed by atoms with van der Waals surface area (Å²) >= 11 is 13.2. The van der Waals surface area contributed by atoms with Crippen molar-refractivity contribution in [1.82, 2.24) is 10.3 Å². The second kappa shape index (κ2) is 15.6. The number of fused-ring (bicyclic) bond motifs is 1. The van der Waals surface area contributed by atoms with Crippen LogP contribution in [0.5, 0.6) is 5.75 Å². The molecule has 1 heterocycles. The minimum absolute atomic E-state index is 0. The highest BCUT2D eigenvalue weighted by molar-refractivity contribution is 6.38. The fourth-order valence-electron chi connectivity index (χ4n) is 4.46. The van der Waals surface area contributed by atoms with Gasteiger partial charge in [0.05, 0.1) is 17.3 Å². The number of nitrogens with zero attached hydrogens (tertiary/aromatic N) is 3. The molecular formula is C33H33Cl3N4O4. The molecule has 0 bridgehead atoms. The number of para-hydroxylation sites is 1. The van der Waals surface area contributed by atoms with E-state index in [4.69, 9.17) is 27.9 Å². The van der Waals surface area contributed by atoms with E-state index in [2.05, 4.69) is 10.3 Å². The van der Waals surface area contributed by atoms with Gasteiger partial charge in [-0.05, 0) is 61.9 Å². The molecule has 0 radical (unpaired) electrons. The second-order valence-electron chi connectivity index (χ2n) is 9.79. The predicted octanol–water partition coefficient (Wildman–Crippen LogP) is 7.02. The normalized spacial score (nSPS) is 10.8. The Labute approximate surface area is 273 Å². The molecule has 8 nitrogen and oxygen atoms in total. The summed E-state index contributed by atoms with van der Waals surface area (Å²) in [4.78, 5) is 44.7. The van der Waals surface area contributed by atoms with E-state index >= 15 is 0 Å². The Kier molecular flexibility index (Phi) is 12.2. The molecule has 44 heavy (non-hydrogen) atoms. The SMILES string of the molecule is CCN(C(C)=O)c1ccc(/C=C/C(=O)NCC(=O)N(C)c2ccc(Cl)c(COc3cccc4ccc(C)nc34)c2Cl)cc1.Cl. The zero-order valence-corrected chi connectivity index (χ0v) is 27.1. The molecule has 230 valence electrons. The molecule has 0 saturated carbocycles. The van der Waals surface area contributed by atoms with Crippen molar-refractivity contribution in [2.45, 2.75) is 27.4 Å². The summed E-state index contributed by atoms with van der Waals surface area (Å²) in [6.07, 6.45) is 2.98. The molecular weight excluding hydrogens is 623 g/mol. The number of aryl methyl sites for hydroxylation is 1. The average Bonchev–Trinajstić information content (AvgIpc) is 2.99. The average molecular weight is 656 g/mol. The molecule has 3 aromatic carbocycles. The van der Waals surface area contributed by atoms with E-state index in [0.717, 1.165) is 27.8 Å². The van der Waals surface area contributed by atoms with Crippen LogP contribution in [-0.2, 0) is 21.0 Å². The maximum Gasteiger partial charge on any atom is 0.246 e. The highest BCUT2D eigenvalue weighted by atomic mass is 35.5. The lowest BCUT2D eigenvalue weighted by molar-refractivity contribution is -0.122. The van der Waals surface area contributed by atoms with Gasteiger partial charge in [0.1, 0.15) is 17.9 Å². The Bertz CT molecular complexity index is 1690. The summed E-state index contributed by atoms with van der Waals surface area (Å²) in [6.45, 7) is 5.72. The maximum absolute atomic E-state index is 12.9. The molecule has 0 aliphatic heterocycles. The molecule has 3 amide bonds. The monoisotopic (exact) mass is 654 g/mol. The van der Waals surface area contributed by atoms with Crippen molar-refractivity contribution >= 4 is 81.7 Å². The number of anilines is 2. The third kappa shape index (κ3) is 8.29. The minimum atomic E-state index is -0.431. The van der Waals surface area contributed by atoms with Gasteiger partial charge in [-0.3, -0.25) is 14.4 Å². The first-order chi connectivity index (χ1) is 20.6. The Morgan fingerprint density at radius 1 is 1.00 bits per heavy atom. The van der Waals surface area contributed by atoms with Crippen LogP contribution in [0.1, 0.15) is 30.7 Å². The molecule has 0 unspecified atom stereocenters. The lowest BCUT2D eigenvalue weighted by Gasteiger charge is -2.21. The number of nitrogens with one attached hydrogen (secondary N) is 1. The fraction of sp³-hybridized carbons (Fsp3) is 0.212. The zero-order chi connectivity index (χ0) is 31.1. The number of hydrogen-bond donors (Lipinski definition) is 1. The zero-order valence-electron chi connectivity index (χ0n) is 24.8. The highest BCUT2D eigenvalue weighted by Crippen LogP contribution is 2.35. The maximum atomic E-state index is 12.9. The molecule has 1 N–H and O–H groups in total. The van der Waals surface area contributed by atoms with Crippen LogP contribution in [0.15, 0.2) is 72.8 Å². The molecule has 4 rings (SSSR count). The molecule has 0 fully saturated rings. The van der Waals surface area contributed by atoms with Gasteiger partial charge in [-0.15, -0.1) is 12.4 Å². The molecule has 1 aromatic heterocycles. The van der Waals surface area contributed by atoms with Gasteiger partial charge in [-0.1, -0.05) is 53.5 Å². The molecule has 11 heteroatoms. The van der Waals surface area contributed by atoms with Crippen LogP contribution < -0.4 is 19.9 Å². The van der Waals surface area contributed by atoms with E-state index in [0.29, 0.717) is 28.6 Å². The number of benzene rings is 3. The Morgan fingerprint density at radius 3 is 2.41 bits per heavy atom. The van der Waals surface area contributed by atoms with Crippen LogP contribution in [0.4, 0.5) is 11.4 Å². The predicted molar refractivity (Wildman–Crippen MR) is 180 cm³/mol. The van der Waals surface area contributed by atoms with Crippen molar-refractivity contribution in [3.8, 4) is 5.75 Å². The highest BCUT2D eigenvalue weighted by Gasteiger charge is 2.19. The van der Waals surface area contributed by atoms with E-state index in [1.165, 1.54) is 17.9 Å². The van der Waals surface area contributed by atoms with Crippen LogP contribution >= 0.6 is 35.6 Å². The molecule has 0 atom stereocenters. The van der Waals surface area contributed by atoms with Crippen LogP contribution in [0.3, 0.4) is 0 Å². The number of likely N-dealkylation sites (N-methyl/N-ethyl adjacent to an activating group) is 1. The van der Waals surface area contributed by atoms with Crippen LogP contribution in [-0.4, -0.2) is 42.8 Å². The Hall–Kier alpha value is -4.11. The molecule has 0 saturated heterocycles. The quantitative estimate of drug-likeness (QED) is 0.186. The van der Waals surface area contributed by atoms with Crippen molar-refractivity contribution < 1.29 is 19.1 Å². The smallest absolute Gasteiger partial charge is 0.246 e. The first-order valence-corrected chi connectivity index (χ1v) is 14.4. The topological polar surface area (TPSA) is 91.8 Å².